The van der Waals surface area contributed by atoms with E-state index in [1.54, 1.807) is 0 Å². The van der Waals surface area contributed by atoms with Crippen molar-refractivity contribution in [2.75, 3.05) is 5.32 Å². The van der Waals surface area contributed by atoms with Crippen LogP contribution in [0.25, 0.3) is 0 Å². The maximum Gasteiger partial charge on any atom is 0.293 e. The molecule has 0 bridgehead atoms. The number of ether oxygens (including phenoxy) is 1. The molecule has 1 amide bonds. The van der Waals surface area contributed by atoms with Crippen LogP contribution in [0.2, 0.25) is 0 Å². The molecule has 0 heterocycles. The van der Waals surface area contributed by atoms with E-state index in [4.69, 9.17) is 5.73 Å². The van der Waals surface area contributed by atoms with Gasteiger partial charge in [-0.25, -0.2) is 0 Å². The number of carbonyl (C=O) groups excluding carboxylic acids is 2. The Morgan fingerprint density at radius 2 is 1.69 bits per heavy atom. The van der Waals surface area contributed by atoms with Gasteiger partial charge in [0.25, 0.3) is 6.47 Å². The van der Waals surface area contributed by atoms with Gasteiger partial charge in [-0.15, -0.1) is 0 Å². The summed E-state index contributed by atoms with van der Waals surface area (Å²) >= 11 is 0. The van der Waals surface area contributed by atoms with Crippen LogP contribution in [0.1, 0.15) is 31.9 Å². The number of aryl methyl sites for hydroxylation is 1. The van der Waals surface area contributed by atoms with Gasteiger partial charge < -0.3 is 15.8 Å². The molecule has 2 aromatic carbocycles. The van der Waals surface area contributed by atoms with Crippen molar-refractivity contribution >= 4 is 18.1 Å². The number of anilines is 1. The average molecular weight is 356 g/mol. The molecular formula is C21H28N2O3. The monoisotopic (exact) mass is 356 g/mol. The Balaban J connectivity index is 0.000000412. The second-order valence-corrected chi connectivity index (χ2v) is 6.98. The summed E-state index contributed by atoms with van der Waals surface area (Å²) in [6, 6.07) is 16.9. The summed E-state index contributed by atoms with van der Waals surface area (Å²) in [4.78, 5) is 21.6. The third kappa shape index (κ3) is 8.99. The molecule has 1 unspecified atom stereocenters. The molecule has 3 N–H and O–H groups in total. The fraction of sp³-hybridized carbons (Fsp3) is 0.333. The topological polar surface area (TPSA) is 81.4 Å². The van der Waals surface area contributed by atoms with E-state index >= 15 is 0 Å². The summed E-state index contributed by atoms with van der Waals surface area (Å²) in [6.07, 6.45) is 0.540. The van der Waals surface area contributed by atoms with Crippen molar-refractivity contribution < 1.29 is 14.3 Å². The molecule has 0 radical (unpaired) electrons. The van der Waals surface area contributed by atoms with E-state index in [0.717, 1.165) is 16.8 Å². The number of hydrogen-bond donors (Lipinski definition) is 2. The van der Waals surface area contributed by atoms with Crippen molar-refractivity contribution in [3.05, 3.63) is 65.7 Å². The summed E-state index contributed by atoms with van der Waals surface area (Å²) in [5, 5.41) is 2.83. The van der Waals surface area contributed by atoms with Gasteiger partial charge in [0, 0.05) is 5.69 Å². The molecule has 0 aliphatic heterocycles. The molecule has 0 saturated carbocycles. The van der Waals surface area contributed by atoms with Crippen molar-refractivity contribution in [3.8, 4) is 0 Å². The Morgan fingerprint density at radius 3 is 2.15 bits per heavy atom. The maximum absolute atomic E-state index is 12.0. The van der Waals surface area contributed by atoms with E-state index < -0.39 is 6.04 Å². The molecule has 0 aliphatic carbocycles. The van der Waals surface area contributed by atoms with Crippen LogP contribution in [-0.4, -0.2) is 24.0 Å². The van der Waals surface area contributed by atoms with Crippen LogP contribution in [0, 0.1) is 6.92 Å². The number of rotatable bonds is 5. The molecule has 0 aliphatic rings. The Bertz CT molecular complexity index is 677. The van der Waals surface area contributed by atoms with Crippen molar-refractivity contribution in [1.29, 1.82) is 0 Å². The molecule has 140 valence electrons. The standard InChI is InChI=1S/C16H18N2O.C5H10O2/c1-12-7-9-14(10-8-12)18-16(19)15(17)11-13-5-3-2-4-6-13;1-5(2,3)7-4-6/h2-10,15H,11,17H2,1H3,(H,18,19);4H,1-3H3. The van der Waals surface area contributed by atoms with Gasteiger partial charge >= 0.3 is 0 Å². The second-order valence-electron chi connectivity index (χ2n) is 6.98. The highest BCUT2D eigenvalue weighted by molar-refractivity contribution is 5.94. The van der Waals surface area contributed by atoms with Crippen molar-refractivity contribution in [3.63, 3.8) is 0 Å². The van der Waals surface area contributed by atoms with Gasteiger partial charge in [-0.05, 0) is 51.8 Å². The molecule has 2 rings (SSSR count). The van der Waals surface area contributed by atoms with E-state index in [-0.39, 0.29) is 11.5 Å². The summed E-state index contributed by atoms with van der Waals surface area (Å²) in [7, 11) is 0. The molecule has 26 heavy (non-hydrogen) atoms. The van der Waals surface area contributed by atoms with Crippen molar-refractivity contribution in [1.82, 2.24) is 0 Å². The van der Waals surface area contributed by atoms with E-state index in [1.807, 2.05) is 82.3 Å². The van der Waals surface area contributed by atoms with Gasteiger partial charge in [0.15, 0.2) is 0 Å². The van der Waals surface area contributed by atoms with Gasteiger partial charge in [-0.3, -0.25) is 9.59 Å². The van der Waals surface area contributed by atoms with Gasteiger partial charge in [0.2, 0.25) is 5.91 Å². The molecular weight excluding hydrogens is 328 g/mol. The number of hydrogen-bond acceptors (Lipinski definition) is 4. The number of nitrogens with two attached hydrogens (primary N) is 1. The summed E-state index contributed by atoms with van der Waals surface area (Å²) in [5.41, 5.74) is 8.60. The van der Waals surface area contributed by atoms with Crippen LogP contribution in [0.5, 0.6) is 0 Å². The molecule has 5 nitrogen and oxygen atoms in total. The third-order valence-electron chi connectivity index (χ3n) is 3.36. The Morgan fingerprint density at radius 1 is 1.12 bits per heavy atom. The molecule has 0 fully saturated rings. The largest absolute Gasteiger partial charge is 0.462 e. The van der Waals surface area contributed by atoms with Crippen LogP contribution >= 0.6 is 0 Å². The van der Waals surface area contributed by atoms with Gasteiger partial charge in [0.05, 0.1) is 6.04 Å². The van der Waals surface area contributed by atoms with E-state index in [2.05, 4.69) is 10.1 Å². The Kier molecular flexibility index (Phi) is 8.52. The zero-order valence-corrected chi connectivity index (χ0v) is 15.9. The lowest BCUT2D eigenvalue weighted by Crippen LogP contribution is -2.37. The van der Waals surface area contributed by atoms with Gasteiger partial charge in [-0.2, -0.15) is 0 Å². The van der Waals surface area contributed by atoms with Crippen LogP contribution < -0.4 is 11.1 Å². The van der Waals surface area contributed by atoms with Crippen LogP contribution in [0.3, 0.4) is 0 Å². The highest BCUT2D eigenvalue weighted by Crippen LogP contribution is 2.10. The van der Waals surface area contributed by atoms with Crippen molar-refractivity contribution in [2.45, 2.75) is 45.8 Å². The molecule has 2 aromatic rings. The predicted molar refractivity (Wildman–Crippen MR) is 105 cm³/mol. The van der Waals surface area contributed by atoms with E-state index in [0.29, 0.717) is 12.9 Å². The summed E-state index contributed by atoms with van der Waals surface area (Å²) in [5.74, 6) is -0.160. The lowest BCUT2D eigenvalue weighted by Gasteiger charge is -2.14. The molecule has 0 spiro atoms. The second kappa shape index (κ2) is 10.4. The van der Waals surface area contributed by atoms with Gasteiger partial charge in [-0.1, -0.05) is 48.0 Å². The fourth-order valence-electron chi connectivity index (χ4n) is 1.98. The van der Waals surface area contributed by atoms with Crippen LogP contribution in [0.15, 0.2) is 54.6 Å². The number of nitrogens with one attached hydrogen (secondary N) is 1. The molecule has 0 aromatic heterocycles. The number of amides is 1. The zero-order chi connectivity index (χ0) is 19.6. The number of carbonyl (C=O) groups is 2. The van der Waals surface area contributed by atoms with E-state index in [9.17, 15) is 9.59 Å². The maximum atomic E-state index is 12.0. The molecule has 1 atom stereocenters. The first-order chi connectivity index (χ1) is 12.2. The SMILES string of the molecule is CC(C)(C)OC=O.Cc1ccc(NC(=O)C(N)Cc2ccccc2)cc1. The fourth-order valence-corrected chi connectivity index (χ4v) is 1.98. The first-order valence-corrected chi connectivity index (χ1v) is 8.50. The van der Waals surface area contributed by atoms with Crippen LogP contribution in [-0.2, 0) is 20.7 Å². The quantitative estimate of drug-likeness (QED) is 0.804. The highest BCUT2D eigenvalue weighted by Gasteiger charge is 2.14. The molecule has 5 heteroatoms. The summed E-state index contributed by atoms with van der Waals surface area (Å²) < 4.78 is 4.55. The Hall–Kier alpha value is -2.66. The van der Waals surface area contributed by atoms with Gasteiger partial charge in [0.1, 0.15) is 5.60 Å². The predicted octanol–water partition coefficient (Wildman–Crippen LogP) is 3.46. The van der Waals surface area contributed by atoms with Crippen LogP contribution in [0.4, 0.5) is 5.69 Å². The first-order valence-electron chi connectivity index (χ1n) is 8.50. The minimum absolute atomic E-state index is 0.160. The Labute approximate surface area is 155 Å². The average Bonchev–Trinajstić information content (AvgIpc) is 2.57. The molecule has 0 saturated heterocycles. The van der Waals surface area contributed by atoms with E-state index in [1.165, 1.54) is 0 Å². The minimum Gasteiger partial charge on any atom is -0.462 e. The lowest BCUT2D eigenvalue weighted by atomic mass is 10.1. The minimum atomic E-state index is -0.538. The zero-order valence-electron chi connectivity index (χ0n) is 15.9. The highest BCUT2D eigenvalue weighted by atomic mass is 16.5. The normalized spacial score (nSPS) is 11.6. The lowest BCUT2D eigenvalue weighted by molar-refractivity contribution is -0.138. The third-order valence-corrected chi connectivity index (χ3v) is 3.36. The number of benzene rings is 2. The smallest absolute Gasteiger partial charge is 0.293 e. The first kappa shape index (κ1) is 21.4. The van der Waals surface area contributed by atoms with Crippen molar-refractivity contribution in [2.24, 2.45) is 5.73 Å². The summed E-state index contributed by atoms with van der Waals surface area (Å²) in [6.45, 7) is 7.93.